The normalized spacial score (nSPS) is 15.8. The third kappa shape index (κ3) is 6.75. The van der Waals surface area contributed by atoms with Crippen LogP contribution in [0.1, 0.15) is 74.2 Å². The Morgan fingerprint density at radius 3 is 2.49 bits per heavy atom. The Morgan fingerprint density at radius 2 is 1.86 bits per heavy atom. The van der Waals surface area contributed by atoms with Crippen LogP contribution in [-0.4, -0.2) is 76.9 Å². The molecule has 3 heterocycles. The highest BCUT2D eigenvalue weighted by Gasteiger charge is 2.35. The van der Waals surface area contributed by atoms with Gasteiger partial charge in [-0.15, -0.1) is 11.3 Å². The minimum atomic E-state index is -1.37. The van der Waals surface area contributed by atoms with E-state index in [0.717, 1.165) is 35.8 Å². The summed E-state index contributed by atoms with van der Waals surface area (Å²) in [6.07, 6.45) is 2.93. The maximum Gasteiger partial charge on any atom is 0.341 e. The number of aromatic nitrogens is 1. The number of hydrogen-bond acceptors (Lipinski definition) is 9. The number of aryl methyl sites for hydroxylation is 1. The first kappa shape index (κ1) is 35.8. The fourth-order valence-corrected chi connectivity index (χ4v) is 8.04. The number of halogens is 1. The summed E-state index contributed by atoms with van der Waals surface area (Å²) >= 11 is 6.95. The van der Waals surface area contributed by atoms with E-state index in [9.17, 15) is 24.3 Å². The largest absolute Gasteiger partial charge is 0.492 e. The monoisotopic (exact) mass is 735 g/mol. The van der Waals surface area contributed by atoms with E-state index in [0.29, 0.717) is 51.4 Å². The summed E-state index contributed by atoms with van der Waals surface area (Å²) in [5.41, 5.74) is 1.59. The van der Waals surface area contributed by atoms with Gasteiger partial charge in [-0.1, -0.05) is 18.2 Å². The van der Waals surface area contributed by atoms with Gasteiger partial charge >= 0.3 is 11.9 Å². The molecule has 1 aliphatic carbocycles. The number of carbonyl (C=O) groups is 3. The van der Waals surface area contributed by atoms with Crippen LogP contribution in [0.5, 0.6) is 5.75 Å². The predicted octanol–water partition coefficient (Wildman–Crippen LogP) is 6.20. The number of para-hydroxylation sites is 1. The Hall–Kier alpha value is -5.02. The van der Waals surface area contributed by atoms with Gasteiger partial charge in [0.15, 0.2) is 16.7 Å². The number of ether oxygens (including phenoxy) is 2. The molecule has 2 aliphatic rings. The van der Waals surface area contributed by atoms with Crippen LogP contribution >= 0.6 is 23.6 Å². The van der Waals surface area contributed by atoms with Crippen LogP contribution < -0.4 is 25.7 Å². The van der Waals surface area contributed by atoms with Crippen molar-refractivity contribution in [2.75, 3.05) is 48.9 Å². The molecule has 0 bridgehead atoms. The van der Waals surface area contributed by atoms with Crippen LogP contribution in [0.25, 0.3) is 10.9 Å². The number of rotatable bonds is 9. The molecular weight excluding hydrogens is 698 g/mol. The number of aromatic carboxylic acids is 1. The summed E-state index contributed by atoms with van der Waals surface area (Å²) in [4.78, 5) is 55.6. The molecule has 1 atom stereocenters. The smallest absolute Gasteiger partial charge is 0.341 e. The lowest BCUT2D eigenvalue weighted by molar-refractivity contribution is 0.0526. The topological polar surface area (TPSA) is 142 Å². The highest BCUT2D eigenvalue weighted by molar-refractivity contribution is 7.80. The van der Waals surface area contributed by atoms with Crippen molar-refractivity contribution in [3.63, 3.8) is 0 Å². The molecule has 0 unspecified atom stereocenters. The second-order valence-corrected chi connectivity index (χ2v) is 14.0. The zero-order valence-corrected chi connectivity index (χ0v) is 30.4. The van der Waals surface area contributed by atoms with Crippen molar-refractivity contribution >= 4 is 73.8 Å². The Labute approximate surface area is 302 Å². The molecule has 2 fully saturated rings. The number of anilines is 3. The molecule has 1 saturated heterocycles. The summed E-state index contributed by atoms with van der Waals surface area (Å²) in [5, 5.41) is 16.4. The van der Waals surface area contributed by atoms with Crippen molar-refractivity contribution in [2.45, 2.75) is 52.6 Å². The fourth-order valence-electron chi connectivity index (χ4n) is 6.51. The number of carbonyl (C=O) groups excluding carboxylic acids is 2. The quantitative estimate of drug-likeness (QED) is 0.134. The van der Waals surface area contributed by atoms with Crippen molar-refractivity contribution in [1.29, 1.82) is 0 Å². The van der Waals surface area contributed by atoms with E-state index in [1.165, 1.54) is 13.3 Å². The standard InChI is InChI=1S/C36H38FN5O7S2/c1-6-49-35(47)26-20(4)31(32(44)38-25-10-8-7-9-18(25)2)51-33(26)39-36(50)41-14-13-40(16-19(41)3)28-24(37)15-22-27(30(28)48-5)42(21-11-12-21)17-23(29(22)43)34(45)46/h7-10,15,17,19,21H,6,11-14,16H2,1-5H3,(H,38,44)(H,39,50)(H,45,46)/t19-/m0/s1. The number of benzene rings is 2. The first-order chi connectivity index (χ1) is 24.4. The molecule has 3 N–H and O–H groups in total. The molecule has 0 radical (unpaired) electrons. The van der Waals surface area contributed by atoms with Gasteiger partial charge in [0.1, 0.15) is 16.3 Å². The van der Waals surface area contributed by atoms with E-state index in [1.807, 2.05) is 41.8 Å². The Bertz CT molecular complexity index is 2140. The zero-order chi connectivity index (χ0) is 36.7. The molecular formula is C36H38FN5O7S2. The number of pyridine rings is 1. The van der Waals surface area contributed by atoms with Gasteiger partial charge < -0.3 is 39.6 Å². The van der Waals surface area contributed by atoms with E-state index in [-0.39, 0.29) is 47.0 Å². The molecule has 1 amide bonds. The number of thiocarbonyl (C=S) groups is 1. The number of carboxylic acids is 1. The van der Waals surface area contributed by atoms with Gasteiger partial charge in [0.25, 0.3) is 5.91 Å². The minimum absolute atomic E-state index is 0.0212. The van der Waals surface area contributed by atoms with E-state index < -0.39 is 28.7 Å². The van der Waals surface area contributed by atoms with Gasteiger partial charge in [-0.3, -0.25) is 9.59 Å². The average molecular weight is 736 g/mol. The zero-order valence-electron chi connectivity index (χ0n) is 28.8. The van der Waals surface area contributed by atoms with Crippen LogP contribution in [0.4, 0.5) is 20.8 Å². The van der Waals surface area contributed by atoms with E-state index in [2.05, 4.69) is 10.6 Å². The molecule has 1 aliphatic heterocycles. The van der Waals surface area contributed by atoms with Gasteiger partial charge in [0.05, 0.1) is 35.1 Å². The number of nitrogens with zero attached hydrogens (tertiary/aromatic N) is 3. The first-order valence-electron chi connectivity index (χ1n) is 16.5. The van der Waals surface area contributed by atoms with Gasteiger partial charge in [0.2, 0.25) is 5.43 Å². The lowest BCUT2D eigenvalue weighted by Gasteiger charge is -2.42. The van der Waals surface area contributed by atoms with Gasteiger partial charge in [-0.25, -0.2) is 14.0 Å². The molecule has 15 heteroatoms. The molecule has 268 valence electrons. The second kappa shape index (κ2) is 14.3. The molecule has 51 heavy (non-hydrogen) atoms. The molecule has 6 rings (SSSR count). The number of piperazine rings is 1. The van der Waals surface area contributed by atoms with Crippen molar-refractivity contribution in [2.24, 2.45) is 0 Å². The number of fused-ring (bicyclic) bond motifs is 1. The van der Waals surface area contributed by atoms with E-state index >= 15 is 4.39 Å². The Balaban J connectivity index is 1.27. The van der Waals surface area contributed by atoms with Gasteiger partial charge in [-0.2, -0.15) is 0 Å². The average Bonchev–Trinajstić information content (AvgIpc) is 3.88. The Kier molecular flexibility index (Phi) is 10.0. The summed E-state index contributed by atoms with van der Waals surface area (Å²) in [6.45, 7) is 8.37. The second-order valence-electron chi connectivity index (χ2n) is 12.6. The molecule has 4 aromatic rings. The van der Waals surface area contributed by atoms with E-state index in [1.54, 1.807) is 24.5 Å². The maximum absolute atomic E-state index is 16.0. The number of methoxy groups -OCH3 is 1. The number of thiophene rings is 1. The summed E-state index contributed by atoms with van der Waals surface area (Å²) < 4.78 is 28.8. The van der Waals surface area contributed by atoms with Gasteiger partial charge in [-0.05, 0) is 76.0 Å². The first-order valence-corrected chi connectivity index (χ1v) is 17.8. The van der Waals surface area contributed by atoms with E-state index in [4.69, 9.17) is 21.7 Å². The minimum Gasteiger partial charge on any atom is -0.492 e. The summed E-state index contributed by atoms with van der Waals surface area (Å²) in [5.74, 6) is -2.85. The van der Waals surface area contributed by atoms with Crippen LogP contribution in [0.15, 0.2) is 41.3 Å². The highest BCUT2D eigenvalue weighted by atomic mass is 32.1. The number of carboxylic acid groups (broad SMARTS) is 1. The van der Waals surface area contributed by atoms with Gasteiger partial charge in [0, 0.05) is 43.6 Å². The number of nitrogens with one attached hydrogen (secondary N) is 2. The predicted molar refractivity (Wildman–Crippen MR) is 199 cm³/mol. The summed E-state index contributed by atoms with van der Waals surface area (Å²) in [6, 6.07) is 8.23. The van der Waals surface area contributed by atoms with Crippen molar-refractivity contribution in [1.82, 2.24) is 9.47 Å². The van der Waals surface area contributed by atoms with Crippen LogP contribution in [0, 0.1) is 19.7 Å². The highest BCUT2D eigenvalue weighted by Crippen LogP contribution is 2.44. The SMILES string of the molecule is CCOC(=O)c1c(NC(=S)N2CCN(c3c(F)cc4c(=O)c(C(=O)O)cn(C5CC5)c4c3OC)C[C@@H]2C)sc(C(=O)Nc2ccccc2C)c1C. The lowest BCUT2D eigenvalue weighted by atomic mass is 10.1. The number of esters is 1. The molecule has 12 nitrogen and oxygen atoms in total. The third-order valence-corrected chi connectivity index (χ3v) is 10.8. The molecule has 2 aromatic heterocycles. The fraction of sp³-hybridized carbons (Fsp3) is 0.361. The lowest BCUT2D eigenvalue weighted by Crippen LogP contribution is -2.55. The van der Waals surface area contributed by atoms with Crippen LogP contribution in [-0.2, 0) is 4.74 Å². The third-order valence-electron chi connectivity index (χ3n) is 9.22. The van der Waals surface area contributed by atoms with Crippen molar-refractivity contribution < 1.29 is 33.4 Å². The number of amides is 1. The van der Waals surface area contributed by atoms with Crippen molar-refractivity contribution in [3.05, 3.63) is 79.7 Å². The summed E-state index contributed by atoms with van der Waals surface area (Å²) in [7, 11) is 1.41. The number of hydrogen-bond donors (Lipinski definition) is 3. The molecule has 0 spiro atoms. The van der Waals surface area contributed by atoms with Crippen molar-refractivity contribution in [3.8, 4) is 5.75 Å². The molecule has 2 aromatic carbocycles. The molecule has 1 saturated carbocycles. The van der Waals surface area contributed by atoms with Crippen LogP contribution in [0.3, 0.4) is 0 Å². The Morgan fingerprint density at radius 1 is 1.14 bits per heavy atom. The van der Waals surface area contributed by atoms with Crippen LogP contribution in [0.2, 0.25) is 0 Å². The maximum atomic E-state index is 16.0.